The molecule has 0 amide bonds. The summed E-state index contributed by atoms with van der Waals surface area (Å²) in [4.78, 5) is 0. The van der Waals surface area contributed by atoms with Crippen LogP contribution in [0.4, 0.5) is 4.39 Å². The van der Waals surface area contributed by atoms with Crippen molar-refractivity contribution in [1.29, 1.82) is 0 Å². The van der Waals surface area contributed by atoms with Crippen molar-refractivity contribution in [2.24, 2.45) is 5.84 Å². The molecule has 0 saturated carbocycles. The van der Waals surface area contributed by atoms with E-state index in [9.17, 15) is 4.39 Å². The highest BCUT2D eigenvalue weighted by atomic mass is 79.9. The molecular weight excluding hydrogens is 311 g/mol. The van der Waals surface area contributed by atoms with Gasteiger partial charge in [0.2, 0.25) is 0 Å². The maximum atomic E-state index is 13.9. The van der Waals surface area contributed by atoms with E-state index in [0.29, 0.717) is 5.56 Å². The molecule has 0 spiro atoms. The lowest BCUT2D eigenvalue weighted by Gasteiger charge is -2.19. The lowest BCUT2D eigenvalue weighted by molar-refractivity contribution is 0.501. The third-order valence-corrected chi connectivity index (χ3v) is 3.54. The Morgan fingerprint density at radius 3 is 2.84 bits per heavy atom. The van der Waals surface area contributed by atoms with Crippen molar-refractivity contribution in [3.8, 4) is 0 Å². The lowest BCUT2D eigenvalue weighted by atomic mass is 10.0. The predicted molar refractivity (Wildman–Crippen MR) is 75.8 cm³/mol. The van der Waals surface area contributed by atoms with Gasteiger partial charge in [-0.3, -0.25) is 10.5 Å². The first-order chi connectivity index (χ1) is 9.19. The van der Waals surface area contributed by atoms with Gasteiger partial charge in [0.05, 0.1) is 22.4 Å². The van der Waals surface area contributed by atoms with Gasteiger partial charge in [-0.05, 0) is 28.4 Å². The van der Waals surface area contributed by atoms with Gasteiger partial charge < -0.3 is 0 Å². The van der Waals surface area contributed by atoms with E-state index < -0.39 is 6.04 Å². The molecule has 0 aliphatic carbocycles. The molecule has 4 nitrogen and oxygen atoms in total. The minimum Gasteiger partial charge on any atom is -0.271 e. The van der Waals surface area contributed by atoms with Crippen LogP contribution in [-0.4, -0.2) is 9.78 Å². The second-order valence-corrected chi connectivity index (χ2v) is 5.08. The van der Waals surface area contributed by atoms with E-state index in [-0.39, 0.29) is 5.82 Å². The Labute approximate surface area is 119 Å². The van der Waals surface area contributed by atoms with Crippen molar-refractivity contribution in [3.05, 3.63) is 52.0 Å². The highest BCUT2D eigenvalue weighted by Crippen LogP contribution is 2.29. The third-order valence-electron chi connectivity index (χ3n) is 2.92. The summed E-state index contributed by atoms with van der Waals surface area (Å²) in [5.41, 5.74) is 4.00. The summed E-state index contributed by atoms with van der Waals surface area (Å²) in [6, 6.07) is 6.15. The van der Waals surface area contributed by atoms with E-state index in [1.807, 2.05) is 4.68 Å². The molecule has 1 aromatic carbocycles. The number of hydrazine groups is 1. The van der Waals surface area contributed by atoms with Crippen LogP contribution < -0.4 is 11.3 Å². The molecule has 0 aliphatic rings. The topological polar surface area (TPSA) is 55.9 Å². The van der Waals surface area contributed by atoms with Crippen LogP contribution in [0.1, 0.15) is 30.6 Å². The van der Waals surface area contributed by atoms with E-state index >= 15 is 0 Å². The Hall–Kier alpha value is -1.24. The molecular formula is C13H16BrFN4. The van der Waals surface area contributed by atoms with Crippen molar-refractivity contribution in [1.82, 2.24) is 15.2 Å². The van der Waals surface area contributed by atoms with Crippen LogP contribution in [0.15, 0.2) is 34.9 Å². The molecule has 0 saturated heterocycles. The summed E-state index contributed by atoms with van der Waals surface area (Å²) >= 11 is 3.45. The first-order valence-electron chi connectivity index (χ1n) is 6.10. The minimum atomic E-state index is -0.440. The molecule has 1 atom stereocenters. The predicted octanol–water partition coefficient (Wildman–Crippen LogP) is 2.75. The number of aromatic nitrogens is 2. The molecule has 0 bridgehead atoms. The van der Waals surface area contributed by atoms with E-state index in [0.717, 1.165) is 23.1 Å². The molecule has 6 heteroatoms. The zero-order chi connectivity index (χ0) is 13.8. The molecule has 3 N–H and O–H groups in total. The van der Waals surface area contributed by atoms with Gasteiger partial charge in [-0.25, -0.2) is 9.82 Å². The Kier molecular flexibility index (Phi) is 4.68. The zero-order valence-electron chi connectivity index (χ0n) is 10.6. The number of benzene rings is 1. The van der Waals surface area contributed by atoms with Crippen LogP contribution in [0, 0.1) is 5.82 Å². The highest BCUT2D eigenvalue weighted by molar-refractivity contribution is 9.10. The van der Waals surface area contributed by atoms with E-state index in [4.69, 9.17) is 5.84 Å². The van der Waals surface area contributed by atoms with Crippen LogP contribution in [0.25, 0.3) is 0 Å². The third kappa shape index (κ3) is 2.86. The largest absolute Gasteiger partial charge is 0.271 e. The van der Waals surface area contributed by atoms with Gasteiger partial charge in [0.25, 0.3) is 0 Å². The Bertz CT molecular complexity index is 555. The number of hydrogen-bond acceptors (Lipinski definition) is 3. The fourth-order valence-corrected chi connectivity index (χ4v) is 2.60. The molecule has 0 fully saturated rings. The van der Waals surface area contributed by atoms with Crippen molar-refractivity contribution in [2.45, 2.75) is 25.9 Å². The number of aryl methyl sites for hydroxylation is 1. The van der Waals surface area contributed by atoms with Crippen LogP contribution in [0.2, 0.25) is 0 Å². The van der Waals surface area contributed by atoms with Gasteiger partial charge in [0, 0.05) is 12.1 Å². The Morgan fingerprint density at radius 2 is 2.21 bits per heavy atom. The van der Waals surface area contributed by atoms with E-state index in [2.05, 4.69) is 33.4 Å². The number of nitrogens with two attached hydrogens (primary N) is 1. The summed E-state index contributed by atoms with van der Waals surface area (Å²) in [5, 5.41) is 4.28. The van der Waals surface area contributed by atoms with Crippen molar-refractivity contribution < 1.29 is 4.39 Å². The van der Waals surface area contributed by atoms with Gasteiger partial charge in [0.15, 0.2) is 0 Å². The molecule has 1 heterocycles. The quantitative estimate of drug-likeness (QED) is 0.656. The van der Waals surface area contributed by atoms with Gasteiger partial charge in [-0.15, -0.1) is 0 Å². The van der Waals surface area contributed by atoms with Crippen LogP contribution >= 0.6 is 15.9 Å². The normalized spacial score (nSPS) is 12.6. The van der Waals surface area contributed by atoms with E-state index in [1.165, 1.54) is 6.07 Å². The first kappa shape index (κ1) is 14.2. The standard InChI is InChI=1S/C13H16BrFN4/c1-2-7-19-13(10(14)8-17-19)12(18-16)9-5-3-4-6-11(9)15/h3-6,8,12,18H,2,7,16H2,1H3. The Morgan fingerprint density at radius 1 is 1.47 bits per heavy atom. The smallest absolute Gasteiger partial charge is 0.128 e. The molecule has 102 valence electrons. The van der Waals surface area contributed by atoms with Gasteiger partial charge in [-0.2, -0.15) is 5.10 Å². The molecule has 1 unspecified atom stereocenters. The number of rotatable bonds is 5. The number of nitrogens with one attached hydrogen (secondary N) is 1. The van der Waals surface area contributed by atoms with Crippen LogP contribution in [0.5, 0.6) is 0 Å². The highest BCUT2D eigenvalue weighted by Gasteiger charge is 2.23. The lowest BCUT2D eigenvalue weighted by Crippen LogP contribution is -2.31. The van der Waals surface area contributed by atoms with Crippen LogP contribution in [-0.2, 0) is 6.54 Å². The van der Waals surface area contributed by atoms with E-state index in [1.54, 1.807) is 24.4 Å². The first-order valence-corrected chi connectivity index (χ1v) is 6.90. The average Bonchev–Trinajstić information content (AvgIpc) is 2.75. The molecule has 1 aromatic heterocycles. The van der Waals surface area contributed by atoms with Crippen molar-refractivity contribution >= 4 is 15.9 Å². The average molecular weight is 327 g/mol. The second-order valence-electron chi connectivity index (χ2n) is 4.22. The number of nitrogens with zero attached hydrogens (tertiary/aromatic N) is 2. The monoisotopic (exact) mass is 326 g/mol. The van der Waals surface area contributed by atoms with Gasteiger partial charge in [0.1, 0.15) is 5.82 Å². The number of halogens is 2. The summed E-state index contributed by atoms with van der Waals surface area (Å²) in [5.74, 6) is 5.33. The second kappa shape index (κ2) is 6.27. The summed E-state index contributed by atoms with van der Waals surface area (Å²) in [6.07, 6.45) is 2.64. The van der Waals surface area contributed by atoms with Crippen LogP contribution in [0.3, 0.4) is 0 Å². The SMILES string of the molecule is CCCn1ncc(Br)c1C(NN)c1ccccc1F. The minimum absolute atomic E-state index is 0.290. The van der Waals surface area contributed by atoms with Gasteiger partial charge in [-0.1, -0.05) is 25.1 Å². The maximum absolute atomic E-state index is 13.9. The van der Waals surface area contributed by atoms with Crippen molar-refractivity contribution in [3.63, 3.8) is 0 Å². The van der Waals surface area contributed by atoms with Crippen molar-refractivity contribution in [2.75, 3.05) is 0 Å². The number of hydrogen-bond donors (Lipinski definition) is 2. The van der Waals surface area contributed by atoms with Gasteiger partial charge >= 0.3 is 0 Å². The molecule has 0 aliphatic heterocycles. The molecule has 19 heavy (non-hydrogen) atoms. The molecule has 2 aromatic rings. The summed E-state index contributed by atoms with van der Waals surface area (Å²) in [7, 11) is 0. The molecule has 2 rings (SSSR count). The maximum Gasteiger partial charge on any atom is 0.128 e. The summed E-state index contributed by atoms with van der Waals surface area (Å²) in [6.45, 7) is 2.82. The zero-order valence-corrected chi connectivity index (χ0v) is 12.2. The summed E-state index contributed by atoms with van der Waals surface area (Å²) < 4.78 is 16.6. The fraction of sp³-hybridized carbons (Fsp3) is 0.308. The Balaban J connectivity index is 2.48. The fourth-order valence-electron chi connectivity index (χ4n) is 2.07. The molecule has 0 radical (unpaired) electrons.